The topological polar surface area (TPSA) is 26.0 Å². The van der Waals surface area contributed by atoms with Crippen LogP contribution in [0.15, 0.2) is 46.2 Å². The number of benzene rings is 2. The quantitative estimate of drug-likeness (QED) is 0.754. The minimum Gasteiger partial charge on any atom is -0.398 e. The van der Waals surface area contributed by atoms with Crippen molar-refractivity contribution in [2.45, 2.75) is 9.79 Å². The Morgan fingerprint density at radius 3 is 1.94 bits per heavy atom. The monoisotopic (exact) mass is 303 g/mol. The summed E-state index contributed by atoms with van der Waals surface area (Å²) in [4.78, 5) is 2.00. The van der Waals surface area contributed by atoms with Crippen LogP contribution in [0.5, 0.6) is 0 Å². The fourth-order valence-corrected chi connectivity index (χ4v) is 2.75. The van der Waals surface area contributed by atoms with Crippen molar-refractivity contribution in [1.82, 2.24) is 0 Å². The van der Waals surface area contributed by atoms with E-state index in [1.807, 2.05) is 24.3 Å². The van der Waals surface area contributed by atoms with E-state index < -0.39 is 0 Å². The van der Waals surface area contributed by atoms with Crippen LogP contribution in [-0.4, -0.2) is 0 Å². The summed E-state index contributed by atoms with van der Waals surface area (Å²) in [6.07, 6.45) is 0. The van der Waals surface area contributed by atoms with Crippen LogP contribution < -0.4 is 5.73 Å². The van der Waals surface area contributed by atoms with E-state index in [1.165, 1.54) is 0 Å². The summed E-state index contributed by atoms with van der Waals surface area (Å²) in [5, 5.41) is 1.64. The highest BCUT2D eigenvalue weighted by atomic mass is 35.5. The van der Waals surface area contributed by atoms with E-state index in [9.17, 15) is 0 Å². The van der Waals surface area contributed by atoms with Gasteiger partial charge < -0.3 is 5.73 Å². The molecule has 5 heteroatoms. The van der Waals surface area contributed by atoms with E-state index in [0.717, 1.165) is 9.79 Å². The largest absolute Gasteiger partial charge is 0.398 e. The lowest BCUT2D eigenvalue weighted by Crippen LogP contribution is -1.85. The fourth-order valence-electron chi connectivity index (χ4n) is 1.25. The summed E-state index contributed by atoms with van der Waals surface area (Å²) >= 11 is 19.3. The molecule has 2 N–H and O–H groups in total. The molecule has 0 heterocycles. The molecule has 0 saturated carbocycles. The van der Waals surface area contributed by atoms with Crippen molar-refractivity contribution in [2.24, 2.45) is 0 Å². The van der Waals surface area contributed by atoms with Gasteiger partial charge in [0.25, 0.3) is 0 Å². The molecule has 2 aromatic rings. The molecule has 0 amide bonds. The average molecular weight is 305 g/mol. The lowest BCUT2D eigenvalue weighted by molar-refractivity contribution is 1.41. The Kier molecular flexibility index (Phi) is 4.10. The second-order valence-electron chi connectivity index (χ2n) is 3.36. The molecule has 0 aliphatic heterocycles. The van der Waals surface area contributed by atoms with E-state index in [-0.39, 0.29) is 0 Å². The summed E-state index contributed by atoms with van der Waals surface area (Å²) in [6, 6.07) is 11.0. The molecule has 2 aromatic carbocycles. The van der Waals surface area contributed by atoms with E-state index in [1.54, 1.807) is 23.9 Å². The summed E-state index contributed by atoms with van der Waals surface area (Å²) in [6.45, 7) is 0. The maximum atomic E-state index is 5.95. The van der Waals surface area contributed by atoms with Crippen LogP contribution in [0.1, 0.15) is 0 Å². The standard InChI is InChI=1S/C12H8Cl3NS/c13-9-3-1-7(5-10(9)14)17-8-2-4-12(16)11(15)6-8/h1-6H,16H2. The smallest absolute Gasteiger partial charge is 0.0646 e. The maximum Gasteiger partial charge on any atom is 0.0646 e. The molecule has 0 aliphatic carbocycles. The summed E-state index contributed by atoms with van der Waals surface area (Å²) in [7, 11) is 0. The first-order valence-electron chi connectivity index (χ1n) is 4.74. The third-order valence-corrected chi connectivity index (χ3v) is 4.14. The Morgan fingerprint density at radius 1 is 0.765 bits per heavy atom. The van der Waals surface area contributed by atoms with Gasteiger partial charge >= 0.3 is 0 Å². The lowest BCUT2D eigenvalue weighted by atomic mass is 10.3. The zero-order valence-corrected chi connectivity index (χ0v) is 11.7. The van der Waals surface area contributed by atoms with Crippen molar-refractivity contribution in [1.29, 1.82) is 0 Å². The van der Waals surface area contributed by atoms with Gasteiger partial charge in [0.2, 0.25) is 0 Å². The van der Waals surface area contributed by atoms with Gasteiger partial charge in [0.05, 0.1) is 20.8 Å². The lowest BCUT2D eigenvalue weighted by Gasteiger charge is -2.05. The van der Waals surface area contributed by atoms with E-state index in [0.29, 0.717) is 20.8 Å². The molecule has 0 aliphatic rings. The van der Waals surface area contributed by atoms with Crippen molar-refractivity contribution in [2.75, 3.05) is 5.73 Å². The SMILES string of the molecule is Nc1ccc(Sc2ccc(Cl)c(Cl)c2)cc1Cl. The number of nitrogen functional groups attached to an aromatic ring is 1. The van der Waals surface area contributed by atoms with E-state index in [2.05, 4.69) is 0 Å². The molecule has 0 fully saturated rings. The Bertz CT molecular complexity index is 508. The molecule has 88 valence electrons. The van der Waals surface area contributed by atoms with Gasteiger partial charge in [0, 0.05) is 9.79 Å². The molecule has 0 aromatic heterocycles. The third-order valence-electron chi connectivity index (χ3n) is 2.10. The summed E-state index contributed by atoms with van der Waals surface area (Å²) in [5.41, 5.74) is 6.22. The second-order valence-corrected chi connectivity index (χ2v) is 5.73. The van der Waals surface area contributed by atoms with Crippen molar-refractivity contribution in [3.05, 3.63) is 51.5 Å². The highest BCUT2D eigenvalue weighted by Crippen LogP contribution is 2.34. The molecule has 17 heavy (non-hydrogen) atoms. The van der Waals surface area contributed by atoms with Crippen LogP contribution in [0.25, 0.3) is 0 Å². The Balaban J connectivity index is 2.25. The molecule has 0 bridgehead atoms. The molecule has 0 unspecified atom stereocenters. The first-order valence-corrected chi connectivity index (χ1v) is 6.69. The maximum absolute atomic E-state index is 5.95. The molecule has 0 atom stereocenters. The van der Waals surface area contributed by atoms with E-state index >= 15 is 0 Å². The number of halogens is 3. The Labute approximate surface area is 119 Å². The molecular weight excluding hydrogens is 297 g/mol. The van der Waals surface area contributed by atoms with Crippen LogP contribution in [0.3, 0.4) is 0 Å². The van der Waals surface area contributed by atoms with Crippen LogP contribution in [-0.2, 0) is 0 Å². The zero-order chi connectivity index (χ0) is 12.4. The normalized spacial score (nSPS) is 10.5. The highest BCUT2D eigenvalue weighted by Gasteiger charge is 2.03. The number of hydrogen-bond acceptors (Lipinski definition) is 2. The Morgan fingerprint density at radius 2 is 1.35 bits per heavy atom. The number of anilines is 1. The van der Waals surface area contributed by atoms with Gasteiger partial charge in [-0.1, -0.05) is 46.6 Å². The molecule has 0 saturated heterocycles. The number of hydrogen-bond donors (Lipinski definition) is 1. The van der Waals surface area contributed by atoms with Gasteiger partial charge in [0.1, 0.15) is 0 Å². The van der Waals surface area contributed by atoms with Gasteiger partial charge in [-0.05, 0) is 36.4 Å². The van der Waals surface area contributed by atoms with Crippen molar-refractivity contribution >= 4 is 52.3 Å². The first kappa shape index (κ1) is 12.9. The van der Waals surface area contributed by atoms with Gasteiger partial charge in [-0.25, -0.2) is 0 Å². The third kappa shape index (κ3) is 3.23. The fraction of sp³-hybridized carbons (Fsp3) is 0. The highest BCUT2D eigenvalue weighted by molar-refractivity contribution is 7.99. The number of rotatable bonds is 2. The first-order chi connectivity index (χ1) is 8.06. The molecule has 0 spiro atoms. The molecule has 0 radical (unpaired) electrons. The molecule has 2 rings (SSSR count). The zero-order valence-electron chi connectivity index (χ0n) is 8.58. The van der Waals surface area contributed by atoms with Gasteiger partial charge in [-0.2, -0.15) is 0 Å². The summed E-state index contributed by atoms with van der Waals surface area (Å²) < 4.78 is 0. The minimum atomic E-state index is 0.540. The predicted octanol–water partition coefficient (Wildman–Crippen LogP) is 5.38. The predicted molar refractivity (Wildman–Crippen MR) is 76.4 cm³/mol. The molecular formula is C12H8Cl3NS. The van der Waals surface area contributed by atoms with Crippen LogP contribution in [0.2, 0.25) is 15.1 Å². The van der Waals surface area contributed by atoms with Crippen LogP contribution in [0.4, 0.5) is 5.69 Å². The average Bonchev–Trinajstić information content (AvgIpc) is 2.29. The van der Waals surface area contributed by atoms with Crippen molar-refractivity contribution < 1.29 is 0 Å². The van der Waals surface area contributed by atoms with Crippen molar-refractivity contribution in [3.8, 4) is 0 Å². The minimum absolute atomic E-state index is 0.540. The summed E-state index contributed by atoms with van der Waals surface area (Å²) in [5.74, 6) is 0. The van der Waals surface area contributed by atoms with Crippen molar-refractivity contribution in [3.63, 3.8) is 0 Å². The number of nitrogens with two attached hydrogens (primary N) is 1. The van der Waals surface area contributed by atoms with Crippen LogP contribution >= 0.6 is 46.6 Å². The molecule has 1 nitrogen and oxygen atoms in total. The van der Waals surface area contributed by atoms with E-state index in [4.69, 9.17) is 40.5 Å². The van der Waals surface area contributed by atoms with Gasteiger partial charge in [-0.3, -0.25) is 0 Å². The van der Waals surface area contributed by atoms with Gasteiger partial charge in [-0.15, -0.1) is 0 Å². The second kappa shape index (κ2) is 5.40. The Hall–Kier alpha value is -0.540. The van der Waals surface area contributed by atoms with Crippen LogP contribution in [0, 0.1) is 0 Å². The van der Waals surface area contributed by atoms with Gasteiger partial charge in [0.15, 0.2) is 0 Å².